The molecular weight excluding hydrogens is 204 g/mol. The second-order valence-electron chi connectivity index (χ2n) is 4.47. The minimum absolute atomic E-state index is 0.0896. The number of hydrogen-bond acceptors (Lipinski definition) is 3. The number of ether oxygens (including phenoxy) is 1. The summed E-state index contributed by atoms with van der Waals surface area (Å²) in [7, 11) is 0. The second kappa shape index (κ2) is 5.28. The predicted molar refractivity (Wildman–Crippen MR) is 62.0 cm³/mol. The number of esters is 1. The number of rotatable bonds is 4. The highest BCUT2D eigenvalue weighted by molar-refractivity contribution is 5.98. The van der Waals surface area contributed by atoms with Gasteiger partial charge in [0.15, 0.2) is 5.78 Å². The van der Waals surface area contributed by atoms with Crippen molar-refractivity contribution in [2.75, 3.05) is 6.61 Å². The third-order valence-corrected chi connectivity index (χ3v) is 3.36. The molecule has 0 N–H and O–H groups in total. The lowest BCUT2D eigenvalue weighted by Crippen LogP contribution is -2.35. The highest BCUT2D eigenvalue weighted by atomic mass is 16.5. The predicted octanol–water partition coefficient (Wildman–Crippen LogP) is 2.65. The Kier molecular flexibility index (Phi) is 4.27. The molecule has 0 spiro atoms. The smallest absolute Gasteiger partial charge is 0.306 e. The Bertz CT molecular complexity index is 317. The van der Waals surface area contributed by atoms with Gasteiger partial charge in [-0.2, -0.15) is 0 Å². The minimum Gasteiger partial charge on any atom is -0.466 e. The van der Waals surface area contributed by atoms with E-state index < -0.39 is 5.41 Å². The topological polar surface area (TPSA) is 43.4 Å². The van der Waals surface area contributed by atoms with Gasteiger partial charge in [-0.05, 0) is 39.2 Å². The van der Waals surface area contributed by atoms with Gasteiger partial charge in [0.1, 0.15) is 0 Å². The zero-order valence-corrected chi connectivity index (χ0v) is 10.3. The van der Waals surface area contributed by atoms with E-state index in [9.17, 15) is 9.59 Å². The third kappa shape index (κ3) is 2.71. The molecule has 0 bridgehead atoms. The molecule has 0 radical (unpaired) electrons. The first-order valence-corrected chi connectivity index (χ1v) is 5.91. The highest BCUT2D eigenvalue weighted by Gasteiger charge is 2.39. The molecule has 0 aromatic rings. The van der Waals surface area contributed by atoms with Crippen LogP contribution in [0.4, 0.5) is 0 Å². The lowest BCUT2D eigenvalue weighted by Gasteiger charge is -2.32. The van der Waals surface area contributed by atoms with Gasteiger partial charge in [0.2, 0.25) is 0 Å². The second-order valence-corrected chi connectivity index (χ2v) is 4.47. The molecular formula is C13H20O3. The zero-order valence-electron chi connectivity index (χ0n) is 10.3. The summed E-state index contributed by atoms with van der Waals surface area (Å²) in [6.45, 7) is 6.08. The summed E-state index contributed by atoms with van der Waals surface area (Å²) in [5.74, 6) is -0.169. The summed E-state index contributed by atoms with van der Waals surface area (Å²) in [4.78, 5) is 23.5. The first-order chi connectivity index (χ1) is 7.54. The van der Waals surface area contributed by atoms with E-state index in [-0.39, 0.29) is 18.2 Å². The molecule has 0 unspecified atom stereocenters. The molecule has 0 amide bonds. The molecule has 1 atom stereocenters. The van der Waals surface area contributed by atoms with E-state index in [0.717, 1.165) is 18.4 Å². The van der Waals surface area contributed by atoms with Crippen LogP contribution < -0.4 is 0 Å². The number of carbonyl (C=O) groups is 2. The van der Waals surface area contributed by atoms with Crippen molar-refractivity contribution < 1.29 is 14.3 Å². The molecule has 90 valence electrons. The van der Waals surface area contributed by atoms with Crippen LogP contribution in [0.2, 0.25) is 0 Å². The van der Waals surface area contributed by atoms with Gasteiger partial charge in [0, 0.05) is 5.41 Å². The van der Waals surface area contributed by atoms with Crippen LogP contribution in [0.15, 0.2) is 11.6 Å². The van der Waals surface area contributed by atoms with Gasteiger partial charge in [-0.3, -0.25) is 9.59 Å². The number of hydrogen-bond donors (Lipinski definition) is 0. The summed E-state index contributed by atoms with van der Waals surface area (Å²) < 4.78 is 4.93. The van der Waals surface area contributed by atoms with Crippen molar-refractivity contribution in [2.24, 2.45) is 5.41 Å². The van der Waals surface area contributed by atoms with Gasteiger partial charge >= 0.3 is 5.97 Å². The van der Waals surface area contributed by atoms with Crippen LogP contribution in [-0.4, -0.2) is 18.4 Å². The van der Waals surface area contributed by atoms with Crippen LogP contribution in [0.25, 0.3) is 0 Å². The van der Waals surface area contributed by atoms with Crippen molar-refractivity contribution in [3.63, 3.8) is 0 Å². The van der Waals surface area contributed by atoms with E-state index in [1.54, 1.807) is 13.0 Å². The van der Waals surface area contributed by atoms with E-state index in [4.69, 9.17) is 4.74 Å². The van der Waals surface area contributed by atoms with E-state index in [0.29, 0.717) is 13.0 Å². The summed E-state index contributed by atoms with van der Waals surface area (Å²) >= 11 is 0. The molecule has 3 nitrogen and oxygen atoms in total. The van der Waals surface area contributed by atoms with Crippen molar-refractivity contribution in [3.8, 4) is 0 Å². The maximum absolute atomic E-state index is 12.0. The quantitative estimate of drug-likeness (QED) is 0.689. The Balaban J connectivity index is 2.79. The lowest BCUT2D eigenvalue weighted by atomic mass is 9.70. The van der Waals surface area contributed by atoms with Gasteiger partial charge < -0.3 is 4.74 Å². The van der Waals surface area contributed by atoms with Gasteiger partial charge in [0.25, 0.3) is 0 Å². The molecule has 0 heterocycles. The van der Waals surface area contributed by atoms with Crippen LogP contribution in [0, 0.1) is 5.41 Å². The van der Waals surface area contributed by atoms with Crippen LogP contribution in [-0.2, 0) is 14.3 Å². The normalized spacial score (nSPS) is 25.2. The fourth-order valence-corrected chi connectivity index (χ4v) is 2.15. The monoisotopic (exact) mass is 224 g/mol. The highest BCUT2D eigenvalue weighted by Crippen LogP contribution is 2.38. The number of allylic oxidation sites excluding steroid dienone is 2. The molecule has 16 heavy (non-hydrogen) atoms. The number of carbonyl (C=O) groups excluding carboxylic acids is 2. The Hall–Kier alpha value is -1.12. The van der Waals surface area contributed by atoms with E-state index >= 15 is 0 Å². The lowest BCUT2D eigenvalue weighted by molar-refractivity contribution is -0.149. The summed E-state index contributed by atoms with van der Waals surface area (Å²) in [6.07, 6.45) is 4.28. The fourth-order valence-electron chi connectivity index (χ4n) is 2.15. The minimum atomic E-state index is -0.508. The zero-order chi connectivity index (χ0) is 12.2. The molecule has 0 saturated heterocycles. The molecule has 0 fully saturated rings. The third-order valence-electron chi connectivity index (χ3n) is 3.36. The largest absolute Gasteiger partial charge is 0.466 e. The van der Waals surface area contributed by atoms with E-state index in [1.165, 1.54) is 0 Å². The van der Waals surface area contributed by atoms with Crippen molar-refractivity contribution in [2.45, 2.75) is 46.5 Å². The Morgan fingerprint density at radius 3 is 2.69 bits per heavy atom. The van der Waals surface area contributed by atoms with Gasteiger partial charge in [-0.25, -0.2) is 0 Å². The summed E-state index contributed by atoms with van der Waals surface area (Å²) in [5.41, 5.74) is 0.601. The molecule has 1 aliphatic rings. The first kappa shape index (κ1) is 12.9. The fraction of sp³-hybridized carbons (Fsp3) is 0.692. The standard InChI is InChI=1S/C13H20O3/c1-4-13(9-12(15)16-5-2)7-6-10(3)8-11(13)14/h8H,4-7,9H2,1-3H3/t13-/m0/s1. The Labute approximate surface area is 96.9 Å². The summed E-state index contributed by atoms with van der Waals surface area (Å²) in [6, 6.07) is 0. The van der Waals surface area contributed by atoms with Crippen LogP contribution >= 0.6 is 0 Å². The van der Waals surface area contributed by atoms with Gasteiger partial charge in [-0.15, -0.1) is 0 Å². The van der Waals surface area contributed by atoms with Crippen molar-refractivity contribution >= 4 is 11.8 Å². The van der Waals surface area contributed by atoms with E-state index in [2.05, 4.69) is 0 Å². The molecule has 3 heteroatoms. The van der Waals surface area contributed by atoms with Crippen molar-refractivity contribution in [1.82, 2.24) is 0 Å². The molecule has 1 aliphatic carbocycles. The van der Waals surface area contributed by atoms with E-state index in [1.807, 2.05) is 13.8 Å². The summed E-state index contributed by atoms with van der Waals surface area (Å²) in [5, 5.41) is 0. The van der Waals surface area contributed by atoms with Crippen LogP contribution in [0.1, 0.15) is 46.5 Å². The average molecular weight is 224 g/mol. The Morgan fingerprint density at radius 1 is 1.50 bits per heavy atom. The molecule has 0 aromatic heterocycles. The van der Waals surface area contributed by atoms with Crippen LogP contribution in [0.5, 0.6) is 0 Å². The van der Waals surface area contributed by atoms with Crippen molar-refractivity contribution in [3.05, 3.63) is 11.6 Å². The van der Waals surface area contributed by atoms with Gasteiger partial charge in [0.05, 0.1) is 13.0 Å². The maximum Gasteiger partial charge on any atom is 0.306 e. The molecule has 1 rings (SSSR count). The number of ketones is 1. The SMILES string of the molecule is CCOC(=O)C[C@]1(CC)CCC(C)=CC1=O. The maximum atomic E-state index is 12.0. The molecule has 0 aliphatic heterocycles. The Morgan fingerprint density at radius 2 is 2.19 bits per heavy atom. The average Bonchev–Trinajstić information content (AvgIpc) is 2.23. The molecule has 0 saturated carbocycles. The first-order valence-electron chi connectivity index (χ1n) is 5.91. The van der Waals surface area contributed by atoms with Crippen molar-refractivity contribution in [1.29, 1.82) is 0 Å². The molecule has 0 aromatic carbocycles. The van der Waals surface area contributed by atoms with Gasteiger partial charge in [-0.1, -0.05) is 12.5 Å². The van der Waals surface area contributed by atoms with Crippen LogP contribution in [0.3, 0.4) is 0 Å².